The number of aryl methyl sites for hydroxylation is 1. The van der Waals surface area contributed by atoms with Gasteiger partial charge in [-0.3, -0.25) is 9.59 Å². The first-order valence-electron chi connectivity index (χ1n) is 7.31. The zero-order chi connectivity index (χ0) is 15.2. The first-order valence-corrected chi connectivity index (χ1v) is 7.69. The van der Waals surface area contributed by atoms with Crippen LogP contribution in [0.4, 0.5) is 0 Å². The number of amides is 1. The molecule has 0 saturated heterocycles. The summed E-state index contributed by atoms with van der Waals surface area (Å²) >= 11 is 5.82. The van der Waals surface area contributed by atoms with Crippen molar-refractivity contribution in [2.24, 2.45) is 5.92 Å². The van der Waals surface area contributed by atoms with E-state index in [2.05, 4.69) is 5.32 Å². The Morgan fingerprint density at radius 1 is 1.24 bits per heavy atom. The average molecular weight is 310 g/mol. The zero-order valence-corrected chi connectivity index (χ0v) is 12.6. The Balaban J connectivity index is 1.66. The van der Waals surface area contributed by atoms with Gasteiger partial charge in [0.05, 0.1) is 5.92 Å². The Labute approximate surface area is 129 Å². The van der Waals surface area contributed by atoms with Crippen molar-refractivity contribution in [1.29, 1.82) is 0 Å². The van der Waals surface area contributed by atoms with Crippen molar-refractivity contribution in [1.82, 2.24) is 5.32 Å². The third-order valence-electron chi connectivity index (χ3n) is 3.93. The third-order valence-corrected chi connectivity index (χ3v) is 4.18. The molecule has 1 aromatic carbocycles. The molecule has 1 fully saturated rings. The SMILES string of the molecule is O=C(CCCc1ccc(Cl)cc1)N[C@@H]1CC[C@H](C(=O)O)C1. The molecular formula is C16H20ClNO3. The van der Waals surface area contributed by atoms with Crippen molar-refractivity contribution in [2.45, 2.75) is 44.6 Å². The second-order valence-electron chi connectivity index (χ2n) is 5.59. The minimum absolute atomic E-state index is 0.0139. The van der Waals surface area contributed by atoms with Gasteiger partial charge in [0.25, 0.3) is 0 Å². The normalized spacial score (nSPS) is 21.2. The van der Waals surface area contributed by atoms with E-state index in [1.165, 1.54) is 5.56 Å². The van der Waals surface area contributed by atoms with Crippen LogP contribution in [0, 0.1) is 5.92 Å². The van der Waals surface area contributed by atoms with E-state index in [0.717, 1.165) is 19.3 Å². The van der Waals surface area contributed by atoms with Crippen molar-refractivity contribution in [3.8, 4) is 0 Å². The summed E-state index contributed by atoms with van der Waals surface area (Å²) in [6.45, 7) is 0. The molecule has 2 rings (SSSR count). The summed E-state index contributed by atoms with van der Waals surface area (Å²) in [5.41, 5.74) is 1.17. The van der Waals surface area contributed by atoms with Crippen LogP contribution in [-0.4, -0.2) is 23.0 Å². The van der Waals surface area contributed by atoms with E-state index in [0.29, 0.717) is 24.3 Å². The second kappa shape index (κ2) is 7.46. The fraction of sp³-hybridized carbons (Fsp3) is 0.500. The molecule has 0 bridgehead atoms. The number of aliphatic carboxylic acids is 1. The number of nitrogens with one attached hydrogen (secondary N) is 1. The number of hydrogen-bond donors (Lipinski definition) is 2. The molecule has 1 amide bonds. The molecule has 0 spiro atoms. The first-order chi connectivity index (χ1) is 10.0. The Morgan fingerprint density at radius 3 is 2.57 bits per heavy atom. The van der Waals surface area contributed by atoms with Gasteiger partial charge in [0.1, 0.15) is 0 Å². The molecule has 1 aliphatic rings. The summed E-state index contributed by atoms with van der Waals surface area (Å²) in [7, 11) is 0. The Morgan fingerprint density at radius 2 is 1.95 bits per heavy atom. The number of hydrogen-bond acceptors (Lipinski definition) is 2. The minimum Gasteiger partial charge on any atom is -0.481 e. The van der Waals surface area contributed by atoms with Crippen LogP contribution >= 0.6 is 11.6 Å². The van der Waals surface area contributed by atoms with Gasteiger partial charge in [0, 0.05) is 17.5 Å². The van der Waals surface area contributed by atoms with Gasteiger partial charge in [-0.2, -0.15) is 0 Å². The first kappa shape index (κ1) is 15.8. The molecular weight excluding hydrogens is 290 g/mol. The quantitative estimate of drug-likeness (QED) is 0.849. The maximum atomic E-state index is 11.8. The standard InChI is InChI=1S/C16H20ClNO3/c17-13-7-4-11(5-8-13)2-1-3-15(19)18-14-9-6-12(10-14)16(20)21/h4-5,7-8,12,14H,1-3,6,9-10H2,(H,18,19)(H,20,21)/t12-,14+/m0/s1. The van der Waals surface area contributed by atoms with Crippen molar-refractivity contribution < 1.29 is 14.7 Å². The summed E-state index contributed by atoms with van der Waals surface area (Å²) in [5, 5.41) is 12.6. The van der Waals surface area contributed by atoms with Crippen LogP contribution in [0.15, 0.2) is 24.3 Å². The summed E-state index contributed by atoms with van der Waals surface area (Å²) in [6.07, 6.45) is 4.07. The van der Waals surface area contributed by atoms with Crippen LogP contribution in [0.3, 0.4) is 0 Å². The van der Waals surface area contributed by atoms with Crippen LogP contribution in [0.2, 0.25) is 5.02 Å². The summed E-state index contributed by atoms with van der Waals surface area (Å²) in [5.74, 6) is -1.04. The van der Waals surface area contributed by atoms with E-state index in [-0.39, 0.29) is 17.9 Å². The number of carbonyl (C=O) groups excluding carboxylic acids is 1. The van der Waals surface area contributed by atoms with E-state index in [1.807, 2.05) is 24.3 Å². The van der Waals surface area contributed by atoms with Gasteiger partial charge in [0.15, 0.2) is 0 Å². The van der Waals surface area contributed by atoms with Gasteiger partial charge in [-0.1, -0.05) is 23.7 Å². The lowest BCUT2D eigenvalue weighted by Gasteiger charge is -2.12. The topological polar surface area (TPSA) is 66.4 Å². The van der Waals surface area contributed by atoms with Crippen LogP contribution in [0.5, 0.6) is 0 Å². The average Bonchev–Trinajstić information content (AvgIpc) is 2.90. The van der Waals surface area contributed by atoms with Gasteiger partial charge in [0.2, 0.25) is 5.91 Å². The fourth-order valence-corrected chi connectivity index (χ4v) is 2.87. The fourth-order valence-electron chi connectivity index (χ4n) is 2.74. The van der Waals surface area contributed by atoms with E-state index >= 15 is 0 Å². The molecule has 4 nitrogen and oxygen atoms in total. The number of carbonyl (C=O) groups is 2. The van der Waals surface area contributed by atoms with E-state index in [1.54, 1.807) is 0 Å². The molecule has 1 saturated carbocycles. The molecule has 2 N–H and O–H groups in total. The molecule has 0 heterocycles. The molecule has 0 aromatic heterocycles. The molecule has 0 unspecified atom stereocenters. The lowest BCUT2D eigenvalue weighted by molar-refractivity contribution is -0.141. The smallest absolute Gasteiger partial charge is 0.306 e. The number of benzene rings is 1. The van der Waals surface area contributed by atoms with Gasteiger partial charge in [-0.05, 0) is 49.8 Å². The summed E-state index contributed by atoms with van der Waals surface area (Å²) in [4.78, 5) is 22.7. The third kappa shape index (κ3) is 5.05. The molecule has 114 valence electrons. The Bertz CT molecular complexity index is 501. The van der Waals surface area contributed by atoms with E-state index in [4.69, 9.17) is 16.7 Å². The molecule has 1 aromatic rings. The molecule has 0 aliphatic heterocycles. The minimum atomic E-state index is -0.755. The largest absolute Gasteiger partial charge is 0.481 e. The van der Waals surface area contributed by atoms with Crippen molar-refractivity contribution in [3.63, 3.8) is 0 Å². The van der Waals surface area contributed by atoms with Crippen molar-refractivity contribution in [3.05, 3.63) is 34.9 Å². The van der Waals surface area contributed by atoms with Gasteiger partial charge < -0.3 is 10.4 Å². The van der Waals surface area contributed by atoms with E-state index < -0.39 is 5.97 Å². The predicted octanol–water partition coefficient (Wildman–Crippen LogP) is 3.03. The van der Waals surface area contributed by atoms with Gasteiger partial charge >= 0.3 is 5.97 Å². The molecule has 5 heteroatoms. The lowest BCUT2D eigenvalue weighted by atomic mass is 10.1. The van der Waals surface area contributed by atoms with Crippen LogP contribution < -0.4 is 5.32 Å². The predicted molar refractivity (Wildman–Crippen MR) is 81.3 cm³/mol. The lowest BCUT2D eigenvalue weighted by Crippen LogP contribution is -2.33. The van der Waals surface area contributed by atoms with E-state index in [9.17, 15) is 9.59 Å². The molecule has 2 atom stereocenters. The van der Waals surface area contributed by atoms with Gasteiger partial charge in [-0.25, -0.2) is 0 Å². The van der Waals surface area contributed by atoms with Gasteiger partial charge in [-0.15, -0.1) is 0 Å². The number of carboxylic acid groups (broad SMARTS) is 1. The Hall–Kier alpha value is -1.55. The van der Waals surface area contributed by atoms with Crippen LogP contribution in [0.1, 0.15) is 37.7 Å². The highest BCUT2D eigenvalue weighted by atomic mass is 35.5. The highest BCUT2D eigenvalue weighted by molar-refractivity contribution is 6.30. The number of halogens is 1. The number of carboxylic acids is 1. The monoisotopic (exact) mass is 309 g/mol. The van der Waals surface area contributed by atoms with Crippen LogP contribution in [0.25, 0.3) is 0 Å². The zero-order valence-electron chi connectivity index (χ0n) is 11.8. The highest BCUT2D eigenvalue weighted by Gasteiger charge is 2.30. The maximum absolute atomic E-state index is 11.8. The second-order valence-corrected chi connectivity index (χ2v) is 6.03. The summed E-state index contributed by atoms with van der Waals surface area (Å²) in [6, 6.07) is 7.65. The van der Waals surface area contributed by atoms with Crippen molar-refractivity contribution in [2.75, 3.05) is 0 Å². The highest BCUT2D eigenvalue weighted by Crippen LogP contribution is 2.25. The maximum Gasteiger partial charge on any atom is 0.306 e. The molecule has 0 radical (unpaired) electrons. The molecule has 1 aliphatic carbocycles. The number of rotatable bonds is 6. The summed E-state index contributed by atoms with van der Waals surface area (Å²) < 4.78 is 0. The van der Waals surface area contributed by atoms with Crippen LogP contribution in [-0.2, 0) is 16.0 Å². The molecule has 21 heavy (non-hydrogen) atoms. The van der Waals surface area contributed by atoms with Crippen molar-refractivity contribution >= 4 is 23.5 Å². The Kier molecular flexibility index (Phi) is 5.62.